The topological polar surface area (TPSA) is 29.9 Å². The van der Waals surface area contributed by atoms with Crippen molar-refractivity contribution < 1.29 is 0 Å². The smallest absolute Gasteiger partial charge is 0.0645 e. The zero-order valence-electron chi connectivity index (χ0n) is 12.8. The van der Waals surface area contributed by atoms with E-state index in [9.17, 15) is 0 Å². The zero-order chi connectivity index (χ0) is 14.5. The summed E-state index contributed by atoms with van der Waals surface area (Å²) in [6, 6.07) is 11.3. The summed E-state index contributed by atoms with van der Waals surface area (Å²) in [7, 11) is 0. The van der Waals surface area contributed by atoms with Gasteiger partial charge in [0.15, 0.2) is 0 Å². The van der Waals surface area contributed by atoms with Crippen LogP contribution in [-0.2, 0) is 6.54 Å². The summed E-state index contributed by atoms with van der Waals surface area (Å²) in [5.41, 5.74) is 2.47. The first-order valence-corrected chi connectivity index (χ1v) is 8.15. The fourth-order valence-electron chi connectivity index (χ4n) is 3.23. The second-order valence-electron chi connectivity index (χ2n) is 6.22. The lowest BCUT2D eigenvalue weighted by atomic mass is 9.97. The molecule has 1 fully saturated rings. The molecule has 2 unspecified atom stereocenters. The van der Waals surface area contributed by atoms with Crippen LogP contribution >= 0.6 is 0 Å². The highest BCUT2D eigenvalue weighted by Gasteiger charge is 2.18. The number of hydrogen-bond donors (Lipinski definition) is 1. The van der Waals surface area contributed by atoms with Gasteiger partial charge in [-0.05, 0) is 42.5 Å². The minimum atomic E-state index is 0.679. The Labute approximate surface area is 127 Å². The highest BCUT2D eigenvalue weighted by molar-refractivity contribution is 5.33. The Kier molecular flexibility index (Phi) is 4.71. The maximum Gasteiger partial charge on any atom is 0.0645 e. The van der Waals surface area contributed by atoms with Crippen molar-refractivity contribution in [2.24, 2.45) is 5.92 Å². The summed E-state index contributed by atoms with van der Waals surface area (Å²) in [5.74, 6) is 0.802. The number of nitrogens with zero attached hydrogens (tertiary/aromatic N) is 2. The molecule has 0 amide bonds. The highest BCUT2D eigenvalue weighted by Crippen LogP contribution is 2.23. The summed E-state index contributed by atoms with van der Waals surface area (Å²) in [6.45, 7) is 3.36. The summed E-state index contributed by atoms with van der Waals surface area (Å²) in [6.07, 6.45) is 10.7. The van der Waals surface area contributed by atoms with E-state index in [0.717, 1.165) is 18.2 Å². The van der Waals surface area contributed by atoms with Crippen molar-refractivity contribution in [3.8, 4) is 5.69 Å². The van der Waals surface area contributed by atoms with Gasteiger partial charge in [-0.3, -0.25) is 0 Å². The number of benzene rings is 1. The fraction of sp³-hybridized carbons (Fsp3) is 0.500. The number of aromatic nitrogens is 2. The van der Waals surface area contributed by atoms with E-state index >= 15 is 0 Å². The fourth-order valence-corrected chi connectivity index (χ4v) is 3.23. The maximum absolute atomic E-state index is 4.26. The molecule has 0 bridgehead atoms. The molecule has 1 aliphatic carbocycles. The van der Waals surface area contributed by atoms with Crippen molar-refractivity contribution in [3.05, 3.63) is 48.3 Å². The second-order valence-corrected chi connectivity index (χ2v) is 6.22. The molecular weight excluding hydrogens is 258 g/mol. The molecule has 0 aliphatic heterocycles. The Hall–Kier alpha value is -1.61. The van der Waals surface area contributed by atoms with E-state index in [1.54, 1.807) is 0 Å². The highest BCUT2D eigenvalue weighted by atomic mass is 15.3. The van der Waals surface area contributed by atoms with Crippen LogP contribution < -0.4 is 5.32 Å². The van der Waals surface area contributed by atoms with Crippen LogP contribution in [0.5, 0.6) is 0 Å². The average Bonchev–Trinajstić information content (AvgIpc) is 2.97. The third-order valence-corrected chi connectivity index (χ3v) is 4.64. The van der Waals surface area contributed by atoms with Crippen LogP contribution in [0.1, 0.15) is 44.6 Å². The molecule has 0 saturated heterocycles. The van der Waals surface area contributed by atoms with Gasteiger partial charge in [0.1, 0.15) is 0 Å². The third-order valence-electron chi connectivity index (χ3n) is 4.64. The van der Waals surface area contributed by atoms with Crippen molar-refractivity contribution in [1.29, 1.82) is 0 Å². The predicted molar refractivity (Wildman–Crippen MR) is 86.4 cm³/mol. The maximum atomic E-state index is 4.26. The Balaban J connectivity index is 1.58. The van der Waals surface area contributed by atoms with Gasteiger partial charge in [0.25, 0.3) is 0 Å². The van der Waals surface area contributed by atoms with Gasteiger partial charge in [-0.15, -0.1) is 0 Å². The normalized spacial score (nSPS) is 22.9. The molecule has 1 aliphatic rings. The molecule has 1 aromatic carbocycles. The van der Waals surface area contributed by atoms with Gasteiger partial charge in [0.2, 0.25) is 0 Å². The molecule has 1 aromatic heterocycles. The molecule has 2 aromatic rings. The third kappa shape index (κ3) is 3.73. The van der Waals surface area contributed by atoms with Gasteiger partial charge in [0.05, 0.1) is 5.69 Å². The van der Waals surface area contributed by atoms with Crippen LogP contribution in [0, 0.1) is 5.92 Å². The van der Waals surface area contributed by atoms with Gasteiger partial charge in [-0.1, -0.05) is 38.3 Å². The summed E-state index contributed by atoms with van der Waals surface area (Å²) < 4.78 is 1.89. The lowest BCUT2D eigenvalue weighted by molar-refractivity contribution is 0.356. The van der Waals surface area contributed by atoms with Crippen LogP contribution in [0.3, 0.4) is 0 Å². The molecular formula is C18H25N3. The standard InChI is InChI=1S/C18H25N3/c1-15-6-3-2-4-7-18(15)19-14-16-8-10-17(11-9-16)21-13-5-12-20-21/h5,8-13,15,18-19H,2-4,6-7,14H2,1H3. The molecule has 3 nitrogen and oxygen atoms in total. The lowest BCUT2D eigenvalue weighted by Gasteiger charge is -2.23. The van der Waals surface area contributed by atoms with Crippen molar-refractivity contribution >= 4 is 0 Å². The van der Waals surface area contributed by atoms with Gasteiger partial charge in [-0.2, -0.15) is 5.10 Å². The molecule has 0 spiro atoms. The van der Waals surface area contributed by atoms with E-state index in [-0.39, 0.29) is 0 Å². The van der Waals surface area contributed by atoms with E-state index in [0.29, 0.717) is 6.04 Å². The number of hydrogen-bond acceptors (Lipinski definition) is 2. The summed E-state index contributed by atoms with van der Waals surface area (Å²) in [4.78, 5) is 0. The van der Waals surface area contributed by atoms with E-state index in [4.69, 9.17) is 0 Å². The van der Waals surface area contributed by atoms with Crippen LogP contribution in [-0.4, -0.2) is 15.8 Å². The lowest BCUT2D eigenvalue weighted by Crippen LogP contribution is -2.33. The molecule has 1 N–H and O–H groups in total. The summed E-state index contributed by atoms with van der Waals surface area (Å²) >= 11 is 0. The first kappa shape index (κ1) is 14.3. The molecule has 1 saturated carbocycles. The minimum Gasteiger partial charge on any atom is -0.310 e. The molecule has 1 heterocycles. The monoisotopic (exact) mass is 283 g/mol. The molecule has 112 valence electrons. The van der Waals surface area contributed by atoms with E-state index in [1.165, 1.54) is 37.7 Å². The Morgan fingerprint density at radius 1 is 1.14 bits per heavy atom. The minimum absolute atomic E-state index is 0.679. The first-order valence-electron chi connectivity index (χ1n) is 8.15. The summed E-state index contributed by atoms with van der Waals surface area (Å²) in [5, 5.41) is 8.02. The van der Waals surface area contributed by atoms with Gasteiger partial charge < -0.3 is 5.32 Å². The van der Waals surface area contributed by atoms with E-state index < -0.39 is 0 Å². The molecule has 2 atom stereocenters. The van der Waals surface area contributed by atoms with Crippen LogP contribution in [0.4, 0.5) is 0 Å². The quantitative estimate of drug-likeness (QED) is 0.862. The van der Waals surface area contributed by atoms with Gasteiger partial charge in [0, 0.05) is 25.0 Å². The van der Waals surface area contributed by atoms with Crippen LogP contribution in [0.2, 0.25) is 0 Å². The van der Waals surface area contributed by atoms with Gasteiger partial charge in [-0.25, -0.2) is 4.68 Å². The molecule has 0 radical (unpaired) electrons. The largest absolute Gasteiger partial charge is 0.310 e. The van der Waals surface area contributed by atoms with Crippen molar-refractivity contribution in [3.63, 3.8) is 0 Å². The van der Waals surface area contributed by atoms with Crippen LogP contribution in [0.15, 0.2) is 42.7 Å². The van der Waals surface area contributed by atoms with Gasteiger partial charge >= 0.3 is 0 Å². The van der Waals surface area contributed by atoms with Crippen molar-refractivity contribution in [2.45, 2.75) is 51.6 Å². The molecule has 3 heteroatoms. The number of nitrogens with one attached hydrogen (secondary N) is 1. The Bertz CT molecular complexity index is 530. The van der Waals surface area contributed by atoms with E-state index in [2.05, 4.69) is 41.6 Å². The molecule has 3 rings (SSSR count). The predicted octanol–water partition coefficient (Wildman–Crippen LogP) is 3.93. The van der Waals surface area contributed by atoms with E-state index in [1.807, 2.05) is 23.1 Å². The van der Waals surface area contributed by atoms with Crippen LogP contribution in [0.25, 0.3) is 5.69 Å². The first-order chi connectivity index (χ1) is 10.3. The van der Waals surface area contributed by atoms with Crippen molar-refractivity contribution in [2.75, 3.05) is 0 Å². The molecule has 21 heavy (non-hydrogen) atoms. The average molecular weight is 283 g/mol. The zero-order valence-corrected chi connectivity index (χ0v) is 12.8. The SMILES string of the molecule is CC1CCCCCC1NCc1ccc(-n2cccn2)cc1. The Morgan fingerprint density at radius 3 is 2.71 bits per heavy atom. The Morgan fingerprint density at radius 2 is 1.95 bits per heavy atom. The van der Waals surface area contributed by atoms with Crippen molar-refractivity contribution in [1.82, 2.24) is 15.1 Å². The second kappa shape index (κ2) is 6.90. The number of rotatable bonds is 4.